The first-order valence-corrected chi connectivity index (χ1v) is 7.90. The van der Waals surface area contributed by atoms with Crippen molar-refractivity contribution in [2.45, 2.75) is 13.5 Å². The average molecular weight is 332 g/mol. The van der Waals surface area contributed by atoms with Crippen molar-refractivity contribution in [1.82, 2.24) is 19.5 Å². The third-order valence-electron chi connectivity index (χ3n) is 3.93. The Morgan fingerprint density at radius 3 is 2.72 bits per heavy atom. The summed E-state index contributed by atoms with van der Waals surface area (Å²) in [5.74, 6) is 0.593. The molecule has 3 aromatic heterocycles. The van der Waals surface area contributed by atoms with E-state index in [-0.39, 0.29) is 5.56 Å². The fourth-order valence-electron chi connectivity index (χ4n) is 2.91. The van der Waals surface area contributed by atoms with Crippen molar-refractivity contribution < 1.29 is 4.42 Å². The van der Waals surface area contributed by atoms with E-state index in [1.54, 1.807) is 25.8 Å². The van der Waals surface area contributed by atoms with Crippen LogP contribution >= 0.6 is 0 Å². The Bertz CT molecular complexity index is 1050. The van der Waals surface area contributed by atoms with E-state index in [1.165, 1.54) is 6.07 Å². The van der Waals surface area contributed by atoms with Gasteiger partial charge in [0.2, 0.25) is 0 Å². The van der Waals surface area contributed by atoms with Crippen LogP contribution in [0.2, 0.25) is 0 Å². The maximum atomic E-state index is 11.7. The number of nitrogens with one attached hydrogen (secondary N) is 1. The summed E-state index contributed by atoms with van der Waals surface area (Å²) in [7, 11) is 0. The summed E-state index contributed by atoms with van der Waals surface area (Å²) in [5.41, 5.74) is 4.27. The molecule has 4 aromatic rings. The molecule has 0 radical (unpaired) electrons. The zero-order valence-corrected chi connectivity index (χ0v) is 13.6. The molecule has 0 unspecified atom stereocenters. The third kappa shape index (κ3) is 3.01. The molecule has 0 aliphatic heterocycles. The molecule has 0 spiro atoms. The van der Waals surface area contributed by atoms with Crippen LogP contribution < -0.4 is 5.56 Å². The Morgan fingerprint density at radius 2 is 2.00 bits per heavy atom. The molecule has 0 saturated carbocycles. The van der Waals surface area contributed by atoms with Gasteiger partial charge < -0.3 is 14.0 Å². The number of hydrogen-bond donors (Lipinski definition) is 1. The average Bonchev–Trinajstić information content (AvgIpc) is 3.24. The highest BCUT2D eigenvalue weighted by Gasteiger charge is 2.16. The van der Waals surface area contributed by atoms with E-state index in [2.05, 4.69) is 15.0 Å². The molecule has 6 heteroatoms. The number of nitrogens with zero attached hydrogens (tertiary/aromatic N) is 3. The van der Waals surface area contributed by atoms with Crippen LogP contribution in [0, 0.1) is 6.92 Å². The zero-order chi connectivity index (χ0) is 17.2. The van der Waals surface area contributed by atoms with E-state index < -0.39 is 0 Å². The second kappa shape index (κ2) is 6.24. The Morgan fingerprint density at radius 1 is 1.16 bits per heavy atom. The van der Waals surface area contributed by atoms with Gasteiger partial charge in [-0.2, -0.15) is 0 Å². The molecule has 1 aromatic carbocycles. The monoisotopic (exact) mass is 332 g/mol. The molecule has 0 atom stereocenters. The molecular weight excluding hydrogens is 316 g/mol. The molecule has 0 amide bonds. The van der Waals surface area contributed by atoms with Gasteiger partial charge in [-0.25, -0.2) is 9.97 Å². The number of aromatic amines is 1. The number of aromatic nitrogens is 4. The Labute approximate surface area is 143 Å². The molecule has 1 N–H and O–H groups in total. The summed E-state index contributed by atoms with van der Waals surface area (Å²) < 4.78 is 7.24. The molecule has 3 heterocycles. The topological polar surface area (TPSA) is 76.7 Å². The largest absolute Gasteiger partial charge is 0.472 e. The second-order valence-corrected chi connectivity index (χ2v) is 5.77. The van der Waals surface area contributed by atoms with Gasteiger partial charge in [0.25, 0.3) is 5.56 Å². The van der Waals surface area contributed by atoms with E-state index in [1.807, 2.05) is 41.0 Å². The number of hydrogen-bond acceptors (Lipinski definition) is 4. The number of H-pyrrole nitrogens is 1. The lowest BCUT2D eigenvalue weighted by Crippen LogP contribution is -2.13. The Kier molecular flexibility index (Phi) is 3.78. The third-order valence-corrected chi connectivity index (χ3v) is 3.93. The maximum Gasteiger partial charge on any atom is 0.251 e. The van der Waals surface area contributed by atoms with E-state index in [4.69, 9.17) is 4.42 Å². The van der Waals surface area contributed by atoms with Gasteiger partial charge in [0.1, 0.15) is 5.82 Å². The first-order chi connectivity index (χ1) is 12.2. The van der Waals surface area contributed by atoms with Crippen molar-refractivity contribution in [1.29, 1.82) is 0 Å². The number of imidazole rings is 1. The van der Waals surface area contributed by atoms with E-state index in [0.29, 0.717) is 18.1 Å². The van der Waals surface area contributed by atoms with Crippen LogP contribution in [0.5, 0.6) is 0 Å². The van der Waals surface area contributed by atoms with E-state index >= 15 is 0 Å². The van der Waals surface area contributed by atoms with Crippen molar-refractivity contribution in [3.8, 4) is 22.5 Å². The summed E-state index contributed by atoms with van der Waals surface area (Å²) >= 11 is 0. The lowest BCUT2D eigenvalue weighted by atomic mass is 10.1. The predicted octanol–water partition coefficient (Wildman–Crippen LogP) is 3.25. The fourth-order valence-corrected chi connectivity index (χ4v) is 2.91. The Hall–Kier alpha value is -3.41. The summed E-state index contributed by atoms with van der Waals surface area (Å²) in [6.45, 7) is 2.22. The number of aryl methyl sites for hydroxylation is 1. The van der Waals surface area contributed by atoms with Crippen LogP contribution in [0.3, 0.4) is 0 Å². The molecular formula is C19H16N4O2. The summed E-state index contributed by atoms with van der Waals surface area (Å²) in [6, 6.07) is 13.4. The van der Waals surface area contributed by atoms with Gasteiger partial charge in [-0.05, 0) is 13.0 Å². The van der Waals surface area contributed by atoms with E-state index in [0.717, 1.165) is 22.5 Å². The van der Waals surface area contributed by atoms with Gasteiger partial charge in [0, 0.05) is 17.2 Å². The molecule has 4 rings (SSSR count). The van der Waals surface area contributed by atoms with Crippen LogP contribution in [-0.4, -0.2) is 19.5 Å². The van der Waals surface area contributed by atoms with Gasteiger partial charge in [0.05, 0.1) is 42.5 Å². The van der Waals surface area contributed by atoms with E-state index in [9.17, 15) is 4.79 Å². The Balaban J connectivity index is 1.83. The SMILES string of the molecule is Cc1nc(Cn2cnc(-c3ccccc3)c2-c2ccoc2)cc(=O)[nH]1. The van der Waals surface area contributed by atoms with Crippen LogP contribution in [0.1, 0.15) is 11.5 Å². The van der Waals surface area contributed by atoms with Crippen molar-refractivity contribution in [2.75, 3.05) is 0 Å². The van der Waals surface area contributed by atoms with Crippen LogP contribution in [0.25, 0.3) is 22.5 Å². The zero-order valence-electron chi connectivity index (χ0n) is 13.6. The highest BCUT2D eigenvalue weighted by molar-refractivity contribution is 5.78. The van der Waals surface area contributed by atoms with Gasteiger partial charge in [-0.15, -0.1) is 0 Å². The van der Waals surface area contributed by atoms with Gasteiger partial charge in [-0.3, -0.25) is 4.79 Å². The van der Waals surface area contributed by atoms with Crippen LogP contribution in [0.15, 0.2) is 70.5 Å². The van der Waals surface area contributed by atoms with Crippen LogP contribution in [0.4, 0.5) is 0 Å². The van der Waals surface area contributed by atoms with Gasteiger partial charge in [0.15, 0.2) is 0 Å². The predicted molar refractivity (Wildman–Crippen MR) is 94.1 cm³/mol. The standard InChI is InChI=1S/C19H16N4O2/c1-13-21-16(9-17(24)22-13)10-23-12-20-18(14-5-3-2-4-6-14)19(23)15-7-8-25-11-15/h2-9,11-12H,10H2,1H3,(H,21,22,24). The quantitative estimate of drug-likeness (QED) is 0.622. The minimum Gasteiger partial charge on any atom is -0.472 e. The lowest BCUT2D eigenvalue weighted by Gasteiger charge is -2.09. The first-order valence-electron chi connectivity index (χ1n) is 7.90. The van der Waals surface area contributed by atoms with Crippen molar-refractivity contribution in [2.24, 2.45) is 0 Å². The highest BCUT2D eigenvalue weighted by atomic mass is 16.3. The molecule has 0 fully saturated rings. The minimum atomic E-state index is -0.157. The summed E-state index contributed by atoms with van der Waals surface area (Å²) in [5, 5.41) is 0. The second-order valence-electron chi connectivity index (χ2n) is 5.77. The molecule has 25 heavy (non-hydrogen) atoms. The number of furan rings is 1. The highest BCUT2D eigenvalue weighted by Crippen LogP contribution is 2.31. The van der Waals surface area contributed by atoms with Crippen molar-refractivity contribution in [3.05, 3.63) is 83.2 Å². The van der Waals surface area contributed by atoms with Crippen molar-refractivity contribution >= 4 is 0 Å². The van der Waals surface area contributed by atoms with Gasteiger partial charge in [-0.1, -0.05) is 30.3 Å². The lowest BCUT2D eigenvalue weighted by molar-refractivity contribution is 0.567. The van der Waals surface area contributed by atoms with Crippen molar-refractivity contribution in [3.63, 3.8) is 0 Å². The fraction of sp³-hybridized carbons (Fsp3) is 0.105. The summed E-state index contributed by atoms with van der Waals surface area (Å²) in [6.07, 6.45) is 5.09. The number of benzene rings is 1. The molecule has 124 valence electrons. The molecule has 0 aliphatic carbocycles. The van der Waals surface area contributed by atoms with Crippen LogP contribution in [-0.2, 0) is 6.54 Å². The molecule has 0 aliphatic rings. The molecule has 6 nitrogen and oxygen atoms in total. The minimum absolute atomic E-state index is 0.157. The smallest absolute Gasteiger partial charge is 0.251 e. The maximum absolute atomic E-state index is 11.7. The normalized spacial score (nSPS) is 10.9. The number of rotatable bonds is 4. The first kappa shape index (κ1) is 15.1. The summed E-state index contributed by atoms with van der Waals surface area (Å²) in [4.78, 5) is 23.4. The molecule has 0 saturated heterocycles. The van der Waals surface area contributed by atoms with Gasteiger partial charge >= 0.3 is 0 Å². The molecule has 0 bridgehead atoms.